The van der Waals surface area contributed by atoms with Crippen LogP contribution in [0, 0.1) is 0 Å². The molecule has 0 radical (unpaired) electrons. The van der Waals surface area contributed by atoms with Gasteiger partial charge in [-0.25, -0.2) is 9.59 Å². The first-order chi connectivity index (χ1) is 14.4. The second-order valence-corrected chi connectivity index (χ2v) is 9.40. The van der Waals surface area contributed by atoms with Crippen LogP contribution in [0.2, 0.25) is 0 Å². The molecular formula is C22H33N3O5S. The number of urea groups is 1. The number of rotatable bonds is 9. The first-order valence-electron chi connectivity index (χ1n) is 10.1. The monoisotopic (exact) mass is 451 g/mol. The van der Waals surface area contributed by atoms with Crippen molar-refractivity contribution in [1.29, 1.82) is 0 Å². The van der Waals surface area contributed by atoms with Crippen molar-refractivity contribution in [2.45, 2.75) is 58.5 Å². The van der Waals surface area contributed by atoms with Gasteiger partial charge in [-0.1, -0.05) is 32.9 Å². The molecule has 0 aromatic heterocycles. The number of thioether (sulfide) groups is 1. The van der Waals surface area contributed by atoms with Gasteiger partial charge in [-0.15, -0.1) is 0 Å². The van der Waals surface area contributed by atoms with E-state index in [1.165, 1.54) is 11.8 Å². The van der Waals surface area contributed by atoms with E-state index in [0.29, 0.717) is 17.7 Å². The first kappa shape index (κ1) is 26.5. The van der Waals surface area contributed by atoms with E-state index in [1.807, 2.05) is 18.4 Å². The lowest BCUT2D eigenvalue weighted by atomic mass is 9.86. The van der Waals surface area contributed by atoms with Crippen LogP contribution in [0.5, 0.6) is 0 Å². The van der Waals surface area contributed by atoms with Gasteiger partial charge in [0.15, 0.2) is 6.61 Å². The van der Waals surface area contributed by atoms with Gasteiger partial charge < -0.3 is 15.4 Å². The summed E-state index contributed by atoms with van der Waals surface area (Å²) in [6.45, 7) is 9.13. The molecule has 1 atom stereocenters. The van der Waals surface area contributed by atoms with Crippen molar-refractivity contribution in [3.8, 4) is 0 Å². The summed E-state index contributed by atoms with van der Waals surface area (Å²) in [5, 5.41) is 7.25. The van der Waals surface area contributed by atoms with E-state index in [1.54, 1.807) is 26.0 Å². The zero-order chi connectivity index (χ0) is 23.6. The molecule has 0 heterocycles. The highest BCUT2D eigenvalue weighted by molar-refractivity contribution is 7.98. The van der Waals surface area contributed by atoms with E-state index < -0.39 is 36.5 Å². The van der Waals surface area contributed by atoms with Crippen LogP contribution in [0.25, 0.3) is 0 Å². The molecule has 4 amide bonds. The average Bonchev–Trinajstić information content (AvgIpc) is 2.67. The number of carbonyl (C=O) groups is 4. The van der Waals surface area contributed by atoms with Crippen molar-refractivity contribution in [3.05, 3.63) is 35.4 Å². The summed E-state index contributed by atoms with van der Waals surface area (Å²) in [5.41, 5.74) is 1.49. The summed E-state index contributed by atoms with van der Waals surface area (Å²) in [5.74, 6) is -1.26. The highest BCUT2D eigenvalue weighted by atomic mass is 32.2. The molecule has 0 bridgehead atoms. The number of hydrogen-bond acceptors (Lipinski definition) is 6. The van der Waals surface area contributed by atoms with Crippen LogP contribution < -0.4 is 16.0 Å². The average molecular weight is 452 g/mol. The molecule has 8 nitrogen and oxygen atoms in total. The van der Waals surface area contributed by atoms with Gasteiger partial charge in [0.2, 0.25) is 0 Å². The predicted octanol–water partition coefficient (Wildman–Crippen LogP) is 2.61. The molecule has 0 aliphatic heterocycles. The minimum atomic E-state index is -0.903. The van der Waals surface area contributed by atoms with E-state index in [0.717, 1.165) is 5.56 Å². The summed E-state index contributed by atoms with van der Waals surface area (Å²) in [7, 11) is 0. The Hall–Kier alpha value is -2.55. The molecule has 0 fully saturated rings. The van der Waals surface area contributed by atoms with Crippen LogP contribution >= 0.6 is 11.8 Å². The normalized spacial score (nSPS) is 12.1. The maximum absolute atomic E-state index is 12.6. The molecule has 0 spiro atoms. The Balaban J connectivity index is 2.70. The molecule has 31 heavy (non-hydrogen) atoms. The van der Waals surface area contributed by atoms with E-state index in [9.17, 15) is 19.2 Å². The summed E-state index contributed by atoms with van der Waals surface area (Å²) in [4.78, 5) is 48.4. The van der Waals surface area contributed by atoms with Crippen LogP contribution in [0.4, 0.5) is 4.79 Å². The zero-order valence-electron chi connectivity index (χ0n) is 19.0. The minimum Gasteiger partial charge on any atom is -0.454 e. The Morgan fingerprint density at radius 1 is 1.03 bits per heavy atom. The molecule has 0 aliphatic rings. The fourth-order valence-electron chi connectivity index (χ4n) is 2.55. The third kappa shape index (κ3) is 9.87. The van der Waals surface area contributed by atoms with E-state index in [-0.39, 0.29) is 11.5 Å². The van der Waals surface area contributed by atoms with Crippen molar-refractivity contribution < 1.29 is 23.9 Å². The van der Waals surface area contributed by atoms with Gasteiger partial charge in [0, 0.05) is 11.6 Å². The van der Waals surface area contributed by atoms with Crippen LogP contribution in [0.1, 0.15) is 57.0 Å². The number of hydrogen-bond donors (Lipinski definition) is 3. The van der Waals surface area contributed by atoms with Crippen LogP contribution in [0.15, 0.2) is 24.3 Å². The van der Waals surface area contributed by atoms with Crippen LogP contribution in [-0.4, -0.2) is 54.5 Å². The highest BCUT2D eigenvalue weighted by Crippen LogP contribution is 2.22. The summed E-state index contributed by atoms with van der Waals surface area (Å²) >= 11 is 1.52. The Morgan fingerprint density at radius 3 is 2.16 bits per heavy atom. The molecular weight excluding hydrogens is 418 g/mol. The van der Waals surface area contributed by atoms with Crippen molar-refractivity contribution in [3.63, 3.8) is 0 Å². The van der Waals surface area contributed by atoms with Gasteiger partial charge in [0.05, 0.1) is 0 Å². The lowest BCUT2D eigenvalue weighted by Crippen LogP contribution is -2.46. The second kappa shape index (κ2) is 12.3. The molecule has 1 aromatic carbocycles. The highest BCUT2D eigenvalue weighted by Gasteiger charge is 2.24. The zero-order valence-corrected chi connectivity index (χ0v) is 19.9. The topological polar surface area (TPSA) is 114 Å². The number of esters is 1. The van der Waals surface area contributed by atoms with Crippen LogP contribution in [-0.2, 0) is 19.7 Å². The maximum Gasteiger partial charge on any atom is 0.329 e. The fraction of sp³-hybridized carbons (Fsp3) is 0.545. The van der Waals surface area contributed by atoms with Gasteiger partial charge in [-0.2, -0.15) is 11.8 Å². The Kier molecular flexibility index (Phi) is 10.5. The Morgan fingerprint density at radius 2 is 1.65 bits per heavy atom. The number of benzene rings is 1. The lowest BCUT2D eigenvalue weighted by molar-refractivity contribution is -0.150. The van der Waals surface area contributed by atoms with Gasteiger partial charge in [0.1, 0.15) is 6.04 Å². The van der Waals surface area contributed by atoms with Gasteiger partial charge >= 0.3 is 12.0 Å². The number of imide groups is 1. The SMILES string of the molecule is CSCCC(NC(=O)c1ccc(C(C)(C)C)cc1)C(=O)OCC(=O)NC(=O)NC(C)C. The van der Waals surface area contributed by atoms with E-state index in [2.05, 4.69) is 36.7 Å². The van der Waals surface area contributed by atoms with E-state index >= 15 is 0 Å². The molecule has 172 valence electrons. The molecule has 0 saturated carbocycles. The molecule has 3 N–H and O–H groups in total. The first-order valence-corrected chi connectivity index (χ1v) is 11.5. The largest absolute Gasteiger partial charge is 0.454 e. The summed E-state index contributed by atoms with van der Waals surface area (Å²) in [6, 6.07) is 5.50. The lowest BCUT2D eigenvalue weighted by Gasteiger charge is -2.20. The predicted molar refractivity (Wildman–Crippen MR) is 122 cm³/mol. The third-order valence-electron chi connectivity index (χ3n) is 4.23. The smallest absolute Gasteiger partial charge is 0.329 e. The molecule has 9 heteroatoms. The standard InChI is InChI=1S/C22H33N3O5S/c1-14(2)23-21(29)25-18(26)13-30-20(28)17(11-12-31-6)24-19(27)15-7-9-16(10-8-15)22(3,4)5/h7-10,14,17H,11-13H2,1-6H3,(H,24,27)(H2,23,25,26,29). The summed E-state index contributed by atoms with van der Waals surface area (Å²) in [6.07, 6.45) is 2.23. The van der Waals surface area contributed by atoms with Crippen molar-refractivity contribution in [1.82, 2.24) is 16.0 Å². The maximum atomic E-state index is 12.6. The third-order valence-corrected chi connectivity index (χ3v) is 4.88. The fourth-order valence-corrected chi connectivity index (χ4v) is 3.02. The number of amides is 4. The Labute approximate surface area is 188 Å². The van der Waals surface area contributed by atoms with Crippen molar-refractivity contribution in [2.75, 3.05) is 18.6 Å². The minimum absolute atomic E-state index is 0.0354. The van der Waals surface area contributed by atoms with Gasteiger partial charge in [-0.3, -0.25) is 14.9 Å². The van der Waals surface area contributed by atoms with Crippen molar-refractivity contribution in [2.24, 2.45) is 0 Å². The Bertz CT molecular complexity index is 772. The van der Waals surface area contributed by atoms with Gasteiger partial charge in [-0.05, 0) is 55.4 Å². The molecule has 0 aliphatic carbocycles. The molecule has 1 rings (SSSR count). The van der Waals surface area contributed by atoms with E-state index in [4.69, 9.17) is 4.74 Å². The second-order valence-electron chi connectivity index (χ2n) is 8.42. The van der Waals surface area contributed by atoms with Crippen LogP contribution in [0.3, 0.4) is 0 Å². The molecule has 1 aromatic rings. The number of nitrogens with one attached hydrogen (secondary N) is 3. The quantitative estimate of drug-likeness (QED) is 0.498. The van der Waals surface area contributed by atoms with Crippen molar-refractivity contribution >= 4 is 35.6 Å². The summed E-state index contributed by atoms with van der Waals surface area (Å²) < 4.78 is 5.01. The number of ether oxygens (including phenoxy) is 1. The molecule has 0 saturated heterocycles. The van der Waals surface area contributed by atoms with Gasteiger partial charge in [0.25, 0.3) is 11.8 Å². The molecule has 1 unspecified atom stereocenters. The number of carbonyl (C=O) groups excluding carboxylic acids is 4.